The second-order valence-corrected chi connectivity index (χ2v) is 6.83. The Morgan fingerprint density at radius 2 is 2.00 bits per heavy atom. The molecule has 1 aliphatic heterocycles. The molecular formula is C18H19N3S. The van der Waals surface area contributed by atoms with Crippen molar-refractivity contribution in [1.82, 2.24) is 14.5 Å². The van der Waals surface area contributed by atoms with E-state index in [1.807, 2.05) is 11.3 Å². The van der Waals surface area contributed by atoms with Crippen LogP contribution < -0.4 is 0 Å². The molecule has 0 amide bonds. The van der Waals surface area contributed by atoms with E-state index in [0.29, 0.717) is 0 Å². The van der Waals surface area contributed by atoms with Gasteiger partial charge in [0.25, 0.3) is 0 Å². The maximum Gasteiger partial charge on any atom is 0.140 e. The van der Waals surface area contributed by atoms with Crippen LogP contribution in [0.3, 0.4) is 0 Å². The lowest BCUT2D eigenvalue weighted by Gasteiger charge is -2.26. The zero-order valence-corrected chi connectivity index (χ0v) is 13.5. The van der Waals surface area contributed by atoms with E-state index in [0.717, 1.165) is 31.9 Å². The van der Waals surface area contributed by atoms with Gasteiger partial charge in [0.2, 0.25) is 0 Å². The maximum absolute atomic E-state index is 4.89. The molecule has 0 saturated carbocycles. The SMILES string of the molecule is Cn1c(-c2ccccc2)nc2c1CN(Cc1cccs1)CC2. The molecular weight excluding hydrogens is 290 g/mol. The molecule has 3 heterocycles. The topological polar surface area (TPSA) is 21.1 Å². The third-order valence-corrected chi connectivity index (χ3v) is 5.19. The van der Waals surface area contributed by atoms with Gasteiger partial charge in [0.1, 0.15) is 5.82 Å². The number of fused-ring (bicyclic) bond motifs is 1. The second-order valence-electron chi connectivity index (χ2n) is 5.79. The van der Waals surface area contributed by atoms with Crippen LogP contribution in [0.5, 0.6) is 0 Å². The highest BCUT2D eigenvalue weighted by Crippen LogP contribution is 2.26. The summed E-state index contributed by atoms with van der Waals surface area (Å²) in [6.45, 7) is 3.13. The summed E-state index contributed by atoms with van der Waals surface area (Å²) in [5, 5.41) is 2.16. The molecule has 2 aromatic heterocycles. The Labute approximate surface area is 134 Å². The van der Waals surface area contributed by atoms with Crippen LogP contribution in [0, 0.1) is 0 Å². The van der Waals surface area contributed by atoms with E-state index in [1.54, 1.807) is 0 Å². The van der Waals surface area contributed by atoms with Crippen molar-refractivity contribution in [3.8, 4) is 11.4 Å². The van der Waals surface area contributed by atoms with Gasteiger partial charge in [0.05, 0.1) is 11.4 Å². The molecule has 3 aromatic rings. The van der Waals surface area contributed by atoms with Crippen LogP contribution in [0.15, 0.2) is 47.8 Å². The highest BCUT2D eigenvalue weighted by molar-refractivity contribution is 7.09. The predicted molar refractivity (Wildman–Crippen MR) is 90.8 cm³/mol. The summed E-state index contributed by atoms with van der Waals surface area (Å²) < 4.78 is 2.27. The van der Waals surface area contributed by atoms with Crippen molar-refractivity contribution >= 4 is 11.3 Å². The van der Waals surface area contributed by atoms with Gasteiger partial charge in [0, 0.05) is 43.5 Å². The van der Waals surface area contributed by atoms with Gasteiger partial charge in [-0.05, 0) is 11.4 Å². The van der Waals surface area contributed by atoms with Crippen molar-refractivity contribution in [1.29, 1.82) is 0 Å². The molecule has 4 rings (SSSR count). The van der Waals surface area contributed by atoms with Gasteiger partial charge >= 0.3 is 0 Å². The molecule has 3 nitrogen and oxygen atoms in total. The Morgan fingerprint density at radius 3 is 2.77 bits per heavy atom. The quantitative estimate of drug-likeness (QED) is 0.735. The molecule has 4 heteroatoms. The molecule has 22 heavy (non-hydrogen) atoms. The summed E-state index contributed by atoms with van der Waals surface area (Å²) in [7, 11) is 2.14. The summed E-state index contributed by atoms with van der Waals surface area (Å²) in [6.07, 6.45) is 1.04. The summed E-state index contributed by atoms with van der Waals surface area (Å²) in [5.74, 6) is 1.09. The Morgan fingerprint density at radius 1 is 1.14 bits per heavy atom. The van der Waals surface area contributed by atoms with E-state index < -0.39 is 0 Å². The van der Waals surface area contributed by atoms with Gasteiger partial charge < -0.3 is 4.57 Å². The number of rotatable bonds is 3. The lowest BCUT2D eigenvalue weighted by Crippen LogP contribution is -2.30. The smallest absolute Gasteiger partial charge is 0.140 e. The average Bonchev–Trinajstić information content (AvgIpc) is 3.17. The van der Waals surface area contributed by atoms with Gasteiger partial charge in [-0.15, -0.1) is 11.3 Å². The van der Waals surface area contributed by atoms with Gasteiger partial charge in [-0.25, -0.2) is 4.98 Å². The van der Waals surface area contributed by atoms with Gasteiger partial charge in [-0.3, -0.25) is 4.90 Å². The van der Waals surface area contributed by atoms with Crippen LogP contribution in [0.1, 0.15) is 16.3 Å². The first-order chi connectivity index (χ1) is 10.8. The van der Waals surface area contributed by atoms with Crippen molar-refractivity contribution in [2.24, 2.45) is 7.05 Å². The number of hydrogen-bond donors (Lipinski definition) is 0. The van der Waals surface area contributed by atoms with E-state index in [1.165, 1.54) is 21.8 Å². The first-order valence-corrected chi connectivity index (χ1v) is 8.54. The normalized spacial score (nSPS) is 15.0. The third kappa shape index (κ3) is 2.49. The number of benzene rings is 1. The van der Waals surface area contributed by atoms with E-state index >= 15 is 0 Å². The number of aromatic nitrogens is 2. The van der Waals surface area contributed by atoms with Crippen LogP contribution in [-0.4, -0.2) is 21.0 Å². The highest BCUT2D eigenvalue weighted by Gasteiger charge is 2.23. The highest BCUT2D eigenvalue weighted by atomic mass is 32.1. The number of nitrogens with zero attached hydrogens (tertiary/aromatic N) is 3. The fourth-order valence-electron chi connectivity index (χ4n) is 3.14. The molecule has 0 N–H and O–H groups in total. The third-order valence-electron chi connectivity index (χ3n) is 4.33. The lowest BCUT2D eigenvalue weighted by molar-refractivity contribution is 0.240. The zero-order valence-electron chi connectivity index (χ0n) is 12.7. The van der Waals surface area contributed by atoms with E-state index in [2.05, 4.69) is 64.4 Å². The first kappa shape index (κ1) is 13.7. The number of thiophene rings is 1. The first-order valence-electron chi connectivity index (χ1n) is 7.66. The summed E-state index contributed by atoms with van der Waals surface area (Å²) in [6, 6.07) is 14.8. The minimum absolute atomic E-state index is 0.990. The molecule has 0 aliphatic carbocycles. The van der Waals surface area contributed by atoms with E-state index in [-0.39, 0.29) is 0 Å². The zero-order chi connectivity index (χ0) is 14.9. The number of hydrogen-bond acceptors (Lipinski definition) is 3. The van der Waals surface area contributed by atoms with Crippen LogP contribution in [-0.2, 0) is 26.6 Å². The van der Waals surface area contributed by atoms with Crippen molar-refractivity contribution < 1.29 is 0 Å². The van der Waals surface area contributed by atoms with Crippen molar-refractivity contribution in [2.75, 3.05) is 6.54 Å². The monoisotopic (exact) mass is 309 g/mol. The molecule has 0 saturated heterocycles. The van der Waals surface area contributed by atoms with Crippen LogP contribution >= 0.6 is 11.3 Å². The Bertz CT molecular complexity index is 759. The Hall–Kier alpha value is -1.91. The molecule has 0 unspecified atom stereocenters. The number of imidazole rings is 1. The van der Waals surface area contributed by atoms with Gasteiger partial charge in [-0.2, -0.15) is 0 Å². The summed E-state index contributed by atoms with van der Waals surface area (Å²) >= 11 is 1.84. The van der Waals surface area contributed by atoms with Crippen LogP contribution in [0.4, 0.5) is 0 Å². The predicted octanol–water partition coefficient (Wildman–Crippen LogP) is 3.71. The average molecular weight is 309 g/mol. The molecule has 0 bridgehead atoms. The minimum Gasteiger partial charge on any atom is -0.330 e. The molecule has 0 atom stereocenters. The van der Waals surface area contributed by atoms with Crippen LogP contribution in [0.25, 0.3) is 11.4 Å². The molecule has 0 fully saturated rings. The Balaban J connectivity index is 1.61. The lowest BCUT2D eigenvalue weighted by atomic mass is 10.1. The summed E-state index contributed by atoms with van der Waals surface area (Å²) in [5.41, 5.74) is 3.83. The van der Waals surface area contributed by atoms with Crippen LogP contribution in [0.2, 0.25) is 0 Å². The fraction of sp³-hybridized carbons (Fsp3) is 0.278. The minimum atomic E-state index is 0.990. The van der Waals surface area contributed by atoms with Crippen molar-refractivity contribution in [3.63, 3.8) is 0 Å². The van der Waals surface area contributed by atoms with Crippen molar-refractivity contribution in [2.45, 2.75) is 19.5 Å². The standard InChI is InChI=1S/C18H19N3S/c1-20-17-13-21(12-15-8-5-11-22-15)10-9-16(17)19-18(20)14-6-3-2-4-7-14/h2-8,11H,9-10,12-13H2,1H3. The maximum atomic E-state index is 4.89. The Kier molecular flexibility index (Phi) is 3.56. The van der Waals surface area contributed by atoms with Gasteiger partial charge in [-0.1, -0.05) is 36.4 Å². The fourth-order valence-corrected chi connectivity index (χ4v) is 3.89. The second kappa shape index (κ2) is 5.71. The summed E-state index contributed by atoms with van der Waals surface area (Å²) in [4.78, 5) is 8.85. The van der Waals surface area contributed by atoms with Crippen molar-refractivity contribution in [3.05, 3.63) is 64.1 Å². The van der Waals surface area contributed by atoms with E-state index in [9.17, 15) is 0 Å². The molecule has 1 aromatic carbocycles. The van der Waals surface area contributed by atoms with Gasteiger partial charge in [0.15, 0.2) is 0 Å². The molecule has 1 aliphatic rings. The molecule has 0 spiro atoms. The largest absolute Gasteiger partial charge is 0.330 e. The molecule has 112 valence electrons. The molecule has 0 radical (unpaired) electrons. The van der Waals surface area contributed by atoms with E-state index in [4.69, 9.17) is 4.98 Å².